The third-order valence-corrected chi connectivity index (χ3v) is 4.10. The van der Waals surface area contributed by atoms with Crippen LogP contribution in [0.25, 0.3) is 10.2 Å². The lowest BCUT2D eigenvalue weighted by Crippen LogP contribution is -2.25. The van der Waals surface area contributed by atoms with Gasteiger partial charge in [-0.25, -0.2) is 9.97 Å². The molecule has 3 aromatic rings. The predicted octanol–water partition coefficient (Wildman–Crippen LogP) is 3.00. The molecule has 0 fully saturated rings. The summed E-state index contributed by atoms with van der Waals surface area (Å²) in [5, 5.41) is 2.92. The van der Waals surface area contributed by atoms with Crippen LogP contribution in [-0.4, -0.2) is 20.4 Å². The SMILES string of the molecule is CC(C)n1ccnc1CNC(=O)c1ccc2ncsc2c1. The van der Waals surface area contributed by atoms with Gasteiger partial charge < -0.3 is 9.88 Å². The van der Waals surface area contributed by atoms with E-state index in [1.165, 1.54) is 11.3 Å². The van der Waals surface area contributed by atoms with E-state index in [4.69, 9.17) is 0 Å². The van der Waals surface area contributed by atoms with Crippen molar-refractivity contribution in [1.82, 2.24) is 19.9 Å². The summed E-state index contributed by atoms with van der Waals surface area (Å²) in [5.41, 5.74) is 3.35. The minimum atomic E-state index is -0.0939. The Morgan fingerprint density at radius 1 is 1.38 bits per heavy atom. The van der Waals surface area contributed by atoms with Gasteiger partial charge in [0.25, 0.3) is 5.91 Å². The van der Waals surface area contributed by atoms with E-state index < -0.39 is 0 Å². The molecular formula is C15H16N4OS. The number of hydrogen-bond donors (Lipinski definition) is 1. The Bertz CT molecular complexity index is 775. The van der Waals surface area contributed by atoms with Crippen LogP contribution in [0.3, 0.4) is 0 Å². The first-order valence-corrected chi connectivity index (χ1v) is 7.66. The highest BCUT2D eigenvalue weighted by molar-refractivity contribution is 7.16. The Kier molecular flexibility index (Phi) is 3.70. The molecule has 0 aliphatic carbocycles. The molecule has 0 atom stereocenters. The van der Waals surface area contributed by atoms with Crippen molar-refractivity contribution in [2.24, 2.45) is 0 Å². The maximum absolute atomic E-state index is 12.2. The van der Waals surface area contributed by atoms with E-state index in [0.29, 0.717) is 18.2 Å². The Labute approximate surface area is 126 Å². The van der Waals surface area contributed by atoms with Crippen LogP contribution in [0.15, 0.2) is 36.1 Å². The van der Waals surface area contributed by atoms with Crippen LogP contribution in [-0.2, 0) is 6.54 Å². The standard InChI is InChI=1S/C15H16N4OS/c1-10(2)19-6-5-16-14(19)8-17-15(20)11-3-4-12-13(7-11)21-9-18-12/h3-7,9-10H,8H2,1-2H3,(H,17,20). The Morgan fingerprint density at radius 2 is 2.24 bits per heavy atom. The second-order valence-electron chi connectivity index (χ2n) is 5.06. The van der Waals surface area contributed by atoms with Crippen molar-refractivity contribution in [3.8, 4) is 0 Å². The molecule has 2 heterocycles. The van der Waals surface area contributed by atoms with Gasteiger partial charge in [-0.05, 0) is 32.0 Å². The molecule has 0 spiro atoms. The molecule has 108 valence electrons. The van der Waals surface area contributed by atoms with Gasteiger partial charge in [-0.2, -0.15) is 0 Å². The van der Waals surface area contributed by atoms with Gasteiger partial charge in [0.1, 0.15) is 5.82 Å². The van der Waals surface area contributed by atoms with Crippen LogP contribution in [0.2, 0.25) is 0 Å². The molecule has 0 bridgehead atoms. The van der Waals surface area contributed by atoms with E-state index >= 15 is 0 Å². The molecule has 1 N–H and O–H groups in total. The maximum atomic E-state index is 12.2. The number of carbonyl (C=O) groups excluding carboxylic acids is 1. The zero-order valence-electron chi connectivity index (χ0n) is 11.9. The lowest BCUT2D eigenvalue weighted by Gasteiger charge is -2.12. The van der Waals surface area contributed by atoms with Crippen LogP contribution in [0.4, 0.5) is 0 Å². The smallest absolute Gasteiger partial charge is 0.251 e. The number of nitrogens with one attached hydrogen (secondary N) is 1. The van der Waals surface area contributed by atoms with Crippen LogP contribution in [0.5, 0.6) is 0 Å². The van der Waals surface area contributed by atoms with Crippen molar-refractivity contribution in [2.75, 3.05) is 0 Å². The summed E-state index contributed by atoms with van der Waals surface area (Å²) < 4.78 is 3.07. The number of carbonyl (C=O) groups is 1. The second-order valence-corrected chi connectivity index (χ2v) is 5.95. The number of thiazole rings is 1. The number of imidazole rings is 1. The van der Waals surface area contributed by atoms with E-state index in [1.807, 2.05) is 22.9 Å². The van der Waals surface area contributed by atoms with Gasteiger partial charge in [-0.15, -0.1) is 11.3 Å². The van der Waals surface area contributed by atoms with Gasteiger partial charge in [0.2, 0.25) is 0 Å². The minimum absolute atomic E-state index is 0.0939. The number of amides is 1. The zero-order valence-corrected chi connectivity index (χ0v) is 12.7. The highest BCUT2D eigenvalue weighted by atomic mass is 32.1. The number of benzene rings is 1. The van der Waals surface area contributed by atoms with Crippen LogP contribution in [0.1, 0.15) is 36.1 Å². The molecule has 0 unspecified atom stereocenters. The number of fused-ring (bicyclic) bond motifs is 1. The molecule has 1 aromatic carbocycles. The highest BCUT2D eigenvalue weighted by Gasteiger charge is 2.10. The Balaban J connectivity index is 1.72. The number of aromatic nitrogens is 3. The third kappa shape index (κ3) is 2.80. The fraction of sp³-hybridized carbons (Fsp3) is 0.267. The second kappa shape index (κ2) is 5.65. The average Bonchev–Trinajstić information content (AvgIpc) is 3.12. The van der Waals surface area contributed by atoms with Gasteiger partial charge >= 0.3 is 0 Å². The van der Waals surface area contributed by atoms with Crippen molar-refractivity contribution in [3.63, 3.8) is 0 Å². The summed E-state index contributed by atoms with van der Waals surface area (Å²) in [6.07, 6.45) is 3.68. The Morgan fingerprint density at radius 3 is 3.05 bits per heavy atom. The minimum Gasteiger partial charge on any atom is -0.345 e. The highest BCUT2D eigenvalue weighted by Crippen LogP contribution is 2.19. The first kappa shape index (κ1) is 13.8. The molecule has 1 amide bonds. The summed E-state index contributed by atoms with van der Waals surface area (Å²) in [6, 6.07) is 5.87. The normalized spacial score (nSPS) is 11.2. The van der Waals surface area contributed by atoms with E-state index in [1.54, 1.807) is 17.8 Å². The lowest BCUT2D eigenvalue weighted by atomic mass is 10.2. The van der Waals surface area contributed by atoms with Crippen LogP contribution >= 0.6 is 11.3 Å². The van der Waals surface area contributed by atoms with Crippen molar-refractivity contribution < 1.29 is 4.79 Å². The van der Waals surface area contributed by atoms with Crippen molar-refractivity contribution >= 4 is 27.5 Å². The monoisotopic (exact) mass is 300 g/mol. The van der Waals surface area contributed by atoms with Crippen molar-refractivity contribution in [3.05, 3.63) is 47.5 Å². The molecule has 0 aliphatic rings. The average molecular weight is 300 g/mol. The van der Waals surface area contributed by atoms with Crippen LogP contribution < -0.4 is 5.32 Å². The van der Waals surface area contributed by atoms with E-state index in [-0.39, 0.29) is 5.91 Å². The quantitative estimate of drug-likeness (QED) is 0.805. The van der Waals surface area contributed by atoms with Crippen molar-refractivity contribution in [1.29, 1.82) is 0 Å². The van der Waals surface area contributed by atoms with Crippen LogP contribution in [0, 0.1) is 0 Å². The molecule has 5 nitrogen and oxygen atoms in total. The largest absolute Gasteiger partial charge is 0.345 e. The fourth-order valence-corrected chi connectivity index (χ4v) is 2.93. The van der Waals surface area contributed by atoms with E-state index in [2.05, 4.69) is 29.1 Å². The number of rotatable bonds is 4. The van der Waals surface area contributed by atoms with E-state index in [9.17, 15) is 4.79 Å². The molecule has 3 rings (SSSR count). The topological polar surface area (TPSA) is 59.8 Å². The van der Waals surface area contributed by atoms with Gasteiger partial charge in [0.05, 0.1) is 22.3 Å². The summed E-state index contributed by atoms with van der Waals surface area (Å²) >= 11 is 1.53. The summed E-state index contributed by atoms with van der Waals surface area (Å²) in [7, 11) is 0. The molecular weight excluding hydrogens is 284 g/mol. The van der Waals surface area contributed by atoms with Gasteiger partial charge in [0, 0.05) is 24.0 Å². The zero-order chi connectivity index (χ0) is 14.8. The third-order valence-electron chi connectivity index (χ3n) is 3.31. The molecule has 0 aliphatic heterocycles. The molecule has 0 radical (unpaired) electrons. The number of nitrogens with zero attached hydrogens (tertiary/aromatic N) is 3. The Hall–Kier alpha value is -2.21. The predicted molar refractivity (Wildman–Crippen MR) is 83.4 cm³/mol. The summed E-state index contributed by atoms with van der Waals surface area (Å²) in [4.78, 5) is 20.7. The molecule has 6 heteroatoms. The van der Waals surface area contributed by atoms with Gasteiger partial charge in [-0.3, -0.25) is 4.79 Å². The van der Waals surface area contributed by atoms with E-state index in [0.717, 1.165) is 16.0 Å². The molecule has 21 heavy (non-hydrogen) atoms. The summed E-state index contributed by atoms with van der Waals surface area (Å²) in [6.45, 7) is 4.60. The molecule has 2 aromatic heterocycles. The summed E-state index contributed by atoms with van der Waals surface area (Å²) in [5.74, 6) is 0.765. The van der Waals surface area contributed by atoms with Crippen molar-refractivity contribution in [2.45, 2.75) is 26.4 Å². The maximum Gasteiger partial charge on any atom is 0.251 e. The molecule has 0 saturated heterocycles. The van der Waals surface area contributed by atoms with Gasteiger partial charge in [-0.1, -0.05) is 0 Å². The molecule has 0 saturated carbocycles. The fourth-order valence-electron chi connectivity index (χ4n) is 2.21. The first-order chi connectivity index (χ1) is 10.1. The van der Waals surface area contributed by atoms with Gasteiger partial charge in [0.15, 0.2) is 0 Å². The number of hydrogen-bond acceptors (Lipinski definition) is 4. The first-order valence-electron chi connectivity index (χ1n) is 6.78. The lowest BCUT2D eigenvalue weighted by molar-refractivity contribution is 0.0949.